The molecule has 3 aliphatic rings. The fraction of sp³-hybridized carbons (Fsp3) is 0.611. The predicted octanol–water partition coefficient (Wildman–Crippen LogP) is 1.04. The van der Waals surface area contributed by atoms with Crippen molar-refractivity contribution < 1.29 is 22.7 Å². The Hall–Kier alpha value is -1.60. The maximum atomic E-state index is 12.7. The molecule has 0 bridgehead atoms. The molecule has 2 atom stereocenters. The average Bonchev–Trinajstić information content (AvgIpc) is 3.09. The Morgan fingerprint density at radius 3 is 2.84 bits per heavy atom. The van der Waals surface area contributed by atoms with Gasteiger partial charge in [0.2, 0.25) is 0 Å². The molecule has 3 aliphatic heterocycles. The molecule has 3 heterocycles. The lowest BCUT2D eigenvalue weighted by molar-refractivity contribution is -0.144. The summed E-state index contributed by atoms with van der Waals surface area (Å²) in [6, 6.07) is 7.63. The summed E-state index contributed by atoms with van der Waals surface area (Å²) < 4.78 is 35.6. The number of para-hydroxylation sites is 1. The minimum absolute atomic E-state index is 0.0248. The molecule has 0 saturated carbocycles. The lowest BCUT2D eigenvalue weighted by Crippen LogP contribution is -2.70. The largest absolute Gasteiger partial charge is 0.480 e. The van der Waals surface area contributed by atoms with E-state index >= 15 is 0 Å². The summed E-state index contributed by atoms with van der Waals surface area (Å²) >= 11 is 0. The van der Waals surface area contributed by atoms with E-state index in [1.165, 1.54) is 0 Å². The van der Waals surface area contributed by atoms with Gasteiger partial charge in [-0.15, -0.1) is 0 Å². The van der Waals surface area contributed by atoms with Gasteiger partial charge in [-0.1, -0.05) is 18.2 Å². The van der Waals surface area contributed by atoms with Gasteiger partial charge in [-0.05, 0) is 25.0 Å². The van der Waals surface area contributed by atoms with Crippen molar-refractivity contribution in [3.8, 4) is 5.75 Å². The second-order valence-electron chi connectivity index (χ2n) is 7.14. The first kappa shape index (κ1) is 16.8. The summed E-state index contributed by atoms with van der Waals surface area (Å²) in [5, 5.41) is 0. The smallest absolute Gasteiger partial charge is 0.264 e. The van der Waals surface area contributed by atoms with Crippen molar-refractivity contribution in [3.05, 3.63) is 29.8 Å². The Kier molecular flexibility index (Phi) is 4.03. The highest BCUT2D eigenvalue weighted by Crippen LogP contribution is 2.45. The molecule has 6 nitrogen and oxygen atoms in total. The number of ether oxygens (including phenoxy) is 2. The minimum Gasteiger partial charge on any atom is -0.480 e. The molecule has 1 amide bonds. The van der Waals surface area contributed by atoms with Gasteiger partial charge in [0.15, 0.2) is 15.9 Å². The topological polar surface area (TPSA) is 72.9 Å². The molecule has 2 fully saturated rings. The van der Waals surface area contributed by atoms with Crippen LogP contribution in [0.5, 0.6) is 5.75 Å². The molecule has 0 N–H and O–H groups in total. The number of carbonyl (C=O) groups excluding carboxylic acids is 1. The molecule has 0 aliphatic carbocycles. The molecule has 136 valence electrons. The van der Waals surface area contributed by atoms with E-state index in [-0.39, 0.29) is 30.7 Å². The Labute approximate surface area is 148 Å². The van der Waals surface area contributed by atoms with Crippen molar-refractivity contribution in [1.82, 2.24) is 4.90 Å². The van der Waals surface area contributed by atoms with Crippen molar-refractivity contribution in [2.24, 2.45) is 5.92 Å². The number of rotatable bonds is 4. The third-order valence-electron chi connectivity index (χ3n) is 5.77. The van der Waals surface area contributed by atoms with Gasteiger partial charge in [0.25, 0.3) is 5.91 Å². The third-order valence-corrected chi connectivity index (χ3v) is 8.38. The second-order valence-corrected chi connectivity index (χ2v) is 9.59. The van der Waals surface area contributed by atoms with Gasteiger partial charge < -0.3 is 14.4 Å². The van der Waals surface area contributed by atoms with Crippen LogP contribution >= 0.6 is 0 Å². The van der Waals surface area contributed by atoms with Crippen LogP contribution in [0.3, 0.4) is 0 Å². The van der Waals surface area contributed by atoms with Crippen LogP contribution in [0.2, 0.25) is 0 Å². The number of nitrogens with zero attached hydrogens (tertiary/aromatic N) is 1. The van der Waals surface area contributed by atoms with E-state index in [4.69, 9.17) is 9.47 Å². The van der Waals surface area contributed by atoms with E-state index < -0.39 is 20.7 Å². The van der Waals surface area contributed by atoms with Crippen LogP contribution in [0.25, 0.3) is 0 Å². The van der Waals surface area contributed by atoms with E-state index in [9.17, 15) is 13.2 Å². The van der Waals surface area contributed by atoms with Crippen LogP contribution in [0.4, 0.5) is 0 Å². The normalized spacial score (nSPS) is 28.4. The van der Waals surface area contributed by atoms with E-state index in [2.05, 4.69) is 0 Å². The fourth-order valence-corrected chi connectivity index (χ4v) is 6.65. The number of benzene rings is 1. The maximum absolute atomic E-state index is 12.7. The van der Waals surface area contributed by atoms with Crippen LogP contribution in [0.15, 0.2) is 24.3 Å². The number of sulfone groups is 1. The maximum Gasteiger partial charge on any atom is 0.264 e. The molecular formula is C18H23NO5S. The number of fused-ring (bicyclic) bond motifs is 1. The van der Waals surface area contributed by atoms with Gasteiger partial charge in [0.1, 0.15) is 10.5 Å². The highest BCUT2D eigenvalue weighted by Gasteiger charge is 2.63. The van der Waals surface area contributed by atoms with Gasteiger partial charge in [0, 0.05) is 32.0 Å². The van der Waals surface area contributed by atoms with Crippen molar-refractivity contribution >= 4 is 15.7 Å². The van der Waals surface area contributed by atoms with Crippen LogP contribution in [0, 0.1) is 5.92 Å². The molecule has 1 aromatic carbocycles. The molecule has 0 aromatic heterocycles. The van der Waals surface area contributed by atoms with Crippen LogP contribution < -0.4 is 4.74 Å². The molecule has 1 spiro atoms. The number of amides is 1. The first-order valence-electron chi connectivity index (χ1n) is 8.80. The number of likely N-dealkylation sites (tertiary alicyclic amines) is 1. The first-order chi connectivity index (χ1) is 12.0. The van der Waals surface area contributed by atoms with Crippen LogP contribution in [-0.4, -0.2) is 62.1 Å². The van der Waals surface area contributed by atoms with E-state index in [1.54, 1.807) is 4.90 Å². The lowest BCUT2D eigenvalue weighted by atomic mass is 9.83. The zero-order valence-corrected chi connectivity index (χ0v) is 15.1. The number of hydrogen-bond acceptors (Lipinski definition) is 5. The molecule has 1 aromatic rings. The average molecular weight is 365 g/mol. The quantitative estimate of drug-likeness (QED) is 0.797. The van der Waals surface area contributed by atoms with Crippen molar-refractivity contribution in [1.29, 1.82) is 0 Å². The highest BCUT2D eigenvalue weighted by molar-refractivity contribution is 7.93. The van der Waals surface area contributed by atoms with E-state index in [0.29, 0.717) is 26.1 Å². The van der Waals surface area contributed by atoms with Gasteiger partial charge in [-0.25, -0.2) is 8.42 Å². The van der Waals surface area contributed by atoms with Gasteiger partial charge in [0.05, 0.1) is 12.4 Å². The summed E-state index contributed by atoms with van der Waals surface area (Å²) in [7, 11) is -3.19. The second kappa shape index (κ2) is 5.99. The summed E-state index contributed by atoms with van der Waals surface area (Å²) in [5.74, 6) is 0.805. The summed E-state index contributed by atoms with van der Waals surface area (Å²) in [4.78, 5) is 14.4. The lowest BCUT2D eigenvalue weighted by Gasteiger charge is -2.50. The fourth-order valence-electron chi connectivity index (χ4n) is 4.25. The minimum atomic E-state index is -3.19. The monoisotopic (exact) mass is 365 g/mol. The summed E-state index contributed by atoms with van der Waals surface area (Å²) in [5.41, 5.74) is 1.03. The molecule has 7 heteroatoms. The standard InChI is InChI=1S/C18H23NO5S/c1-2-23-10-14-7-8-25(21,22)18(14)11-19(12-18)17(20)16-9-13-5-3-4-6-15(13)24-16/h3-6,14,16H,2,7-12H2,1H3/t14-,16-/m1/s1. The van der Waals surface area contributed by atoms with E-state index in [0.717, 1.165) is 11.3 Å². The Morgan fingerprint density at radius 1 is 1.36 bits per heavy atom. The first-order valence-corrected chi connectivity index (χ1v) is 10.5. The summed E-state index contributed by atoms with van der Waals surface area (Å²) in [6.45, 7) is 3.46. The van der Waals surface area contributed by atoms with Gasteiger partial charge >= 0.3 is 0 Å². The molecule has 0 radical (unpaired) electrons. The van der Waals surface area contributed by atoms with Crippen molar-refractivity contribution in [2.75, 3.05) is 32.1 Å². The van der Waals surface area contributed by atoms with Crippen LogP contribution in [-0.2, 0) is 25.8 Å². The Balaban J connectivity index is 1.45. The Bertz CT molecular complexity index is 759. The Morgan fingerprint density at radius 2 is 2.12 bits per heavy atom. The zero-order valence-electron chi connectivity index (χ0n) is 14.3. The molecule has 0 unspecified atom stereocenters. The van der Waals surface area contributed by atoms with Crippen molar-refractivity contribution in [2.45, 2.75) is 30.6 Å². The SMILES string of the molecule is CCOC[C@H]1CCS(=O)(=O)C12CN(C(=O)[C@H]1Cc3ccccc3O1)C2. The van der Waals surface area contributed by atoms with E-state index in [1.807, 2.05) is 31.2 Å². The van der Waals surface area contributed by atoms with Gasteiger partial charge in [-0.2, -0.15) is 0 Å². The number of carbonyl (C=O) groups is 1. The highest BCUT2D eigenvalue weighted by atomic mass is 32.2. The molecule has 25 heavy (non-hydrogen) atoms. The molecular weight excluding hydrogens is 342 g/mol. The molecule has 4 rings (SSSR count). The zero-order chi connectivity index (χ0) is 17.7. The third kappa shape index (κ3) is 2.56. The van der Waals surface area contributed by atoms with Crippen molar-refractivity contribution in [3.63, 3.8) is 0 Å². The predicted molar refractivity (Wildman–Crippen MR) is 92.3 cm³/mol. The summed E-state index contributed by atoms with van der Waals surface area (Å²) in [6.07, 6.45) is 0.632. The molecule has 2 saturated heterocycles. The van der Waals surface area contributed by atoms with Gasteiger partial charge in [-0.3, -0.25) is 4.79 Å². The number of hydrogen-bond donors (Lipinski definition) is 0. The van der Waals surface area contributed by atoms with Crippen LogP contribution in [0.1, 0.15) is 18.9 Å².